The van der Waals surface area contributed by atoms with Crippen molar-refractivity contribution in [3.63, 3.8) is 0 Å². The van der Waals surface area contributed by atoms with Gasteiger partial charge in [-0.05, 0) is 16.5 Å². The van der Waals surface area contributed by atoms with Crippen molar-refractivity contribution in [2.24, 2.45) is 7.05 Å². The lowest BCUT2D eigenvalue weighted by Crippen LogP contribution is -2.04. The van der Waals surface area contributed by atoms with Crippen LogP contribution in [0.15, 0.2) is 6.20 Å². The largest absolute Gasteiger partial charge is 0.358 e. The van der Waals surface area contributed by atoms with E-state index in [0.29, 0.717) is 0 Å². The number of rotatable bonds is 2. The maximum absolute atomic E-state index is 10.6. The Labute approximate surface area is 71.9 Å². The van der Waals surface area contributed by atoms with E-state index in [9.17, 15) is 14.9 Å². The van der Waals surface area contributed by atoms with Crippen LogP contribution < -0.4 is 0 Å². The van der Waals surface area contributed by atoms with Crippen molar-refractivity contribution in [1.82, 2.24) is 9.55 Å². The van der Waals surface area contributed by atoms with Crippen LogP contribution in [0.2, 0.25) is 0 Å². The zero-order valence-corrected chi connectivity index (χ0v) is 6.78. The average Bonchev–Trinajstić information content (AvgIpc) is 2.30. The first-order valence-corrected chi connectivity index (χ1v) is 3.27. The number of nitrogens with zero attached hydrogens (tertiary/aromatic N) is 3. The summed E-state index contributed by atoms with van der Waals surface area (Å²) in [6.45, 7) is 0. The molecule has 0 saturated heterocycles. The molecule has 1 aromatic rings. The van der Waals surface area contributed by atoms with E-state index in [1.54, 1.807) is 0 Å². The maximum Gasteiger partial charge on any atom is 0.343 e. The fourth-order valence-electron chi connectivity index (χ4n) is 0.753. The number of imidazole rings is 1. The van der Waals surface area contributed by atoms with Gasteiger partial charge in [0.05, 0.1) is 7.05 Å². The lowest BCUT2D eigenvalue weighted by atomic mass is 10.6. The standard InChI is InChI=1S/C5H4ClN3O3/c1-8-3(9(11)12)2-7-5(8)4(6)10/h2H,1H3. The first-order valence-electron chi connectivity index (χ1n) is 2.90. The first-order chi connectivity index (χ1) is 5.54. The zero-order valence-electron chi connectivity index (χ0n) is 6.02. The number of hydrogen-bond donors (Lipinski definition) is 0. The molecule has 0 aliphatic rings. The van der Waals surface area contributed by atoms with Gasteiger partial charge in [0.1, 0.15) is 6.20 Å². The lowest BCUT2D eigenvalue weighted by Gasteiger charge is -1.93. The summed E-state index contributed by atoms with van der Waals surface area (Å²) in [4.78, 5) is 23.6. The summed E-state index contributed by atoms with van der Waals surface area (Å²) < 4.78 is 1.02. The van der Waals surface area contributed by atoms with Crippen LogP contribution in [-0.4, -0.2) is 19.7 Å². The predicted molar refractivity (Wildman–Crippen MR) is 40.0 cm³/mol. The van der Waals surface area contributed by atoms with Crippen molar-refractivity contribution in [3.05, 3.63) is 22.1 Å². The van der Waals surface area contributed by atoms with E-state index in [1.165, 1.54) is 7.05 Å². The quantitative estimate of drug-likeness (QED) is 0.390. The van der Waals surface area contributed by atoms with Crippen molar-refractivity contribution in [2.45, 2.75) is 0 Å². The second kappa shape index (κ2) is 2.90. The molecule has 0 unspecified atom stereocenters. The Kier molecular flexibility index (Phi) is 2.09. The fourth-order valence-corrected chi connectivity index (χ4v) is 0.928. The summed E-state index contributed by atoms with van der Waals surface area (Å²) in [5, 5.41) is 9.43. The number of halogens is 1. The minimum atomic E-state index is -0.814. The molecule has 0 N–H and O–H groups in total. The number of carbonyl (C=O) groups excluding carboxylic acids is 1. The zero-order chi connectivity index (χ0) is 9.30. The van der Waals surface area contributed by atoms with Crippen molar-refractivity contribution in [2.75, 3.05) is 0 Å². The topological polar surface area (TPSA) is 78.0 Å². The summed E-state index contributed by atoms with van der Waals surface area (Å²) in [5.74, 6) is -0.401. The minimum absolute atomic E-state index is 0.136. The Morgan fingerprint density at radius 1 is 1.83 bits per heavy atom. The molecule has 1 heterocycles. The van der Waals surface area contributed by atoms with E-state index in [1.807, 2.05) is 0 Å². The van der Waals surface area contributed by atoms with Gasteiger partial charge in [-0.15, -0.1) is 0 Å². The van der Waals surface area contributed by atoms with Crippen LogP contribution in [0.4, 0.5) is 5.82 Å². The molecule has 0 aliphatic heterocycles. The van der Waals surface area contributed by atoms with Gasteiger partial charge in [0.25, 0.3) is 5.82 Å². The van der Waals surface area contributed by atoms with Crippen LogP contribution >= 0.6 is 11.6 Å². The SMILES string of the molecule is Cn1c([N+](=O)[O-])cnc1C(=O)Cl. The minimum Gasteiger partial charge on any atom is -0.358 e. The lowest BCUT2D eigenvalue weighted by molar-refractivity contribution is -0.391. The van der Waals surface area contributed by atoms with Gasteiger partial charge in [-0.1, -0.05) is 0 Å². The van der Waals surface area contributed by atoms with Gasteiger partial charge in [0, 0.05) is 0 Å². The number of aromatic nitrogens is 2. The molecule has 6 nitrogen and oxygen atoms in total. The van der Waals surface area contributed by atoms with Gasteiger partial charge in [-0.3, -0.25) is 4.79 Å². The normalized spacial score (nSPS) is 9.83. The van der Waals surface area contributed by atoms with Crippen molar-refractivity contribution in [1.29, 1.82) is 0 Å². The highest BCUT2D eigenvalue weighted by atomic mass is 35.5. The van der Waals surface area contributed by atoms with Gasteiger partial charge in [0.15, 0.2) is 0 Å². The first kappa shape index (κ1) is 8.66. The molecule has 0 amide bonds. The molecule has 7 heteroatoms. The van der Waals surface area contributed by atoms with Crippen LogP contribution in [0.5, 0.6) is 0 Å². The van der Waals surface area contributed by atoms with Gasteiger partial charge >= 0.3 is 11.1 Å². The molecule has 64 valence electrons. The average molecular weight is 190 g/mol. The molecule has 0 bridgehead atoms. The third-order valence-corrected chi connectivity index (χ3v) is 1.50. The fraction of sp³-hybridized carbons (Fsp3) is 0.200. The molecule has 0 atom stereocenters. The molecule has 1 aromatic heterocycles. The maximum atomic E-state index is 10.6. The molecule has 1 rings (SSSR count). The molecular weight excluding hydrogens is 186 g/mol. The van der Waals surface area contributed by atoms with E-state index in [-0.39, 0.29) is 11.6 Å². The van der Waals surface area contributed by atoms with E-state index in [4.69, 9.17) is 11.6 Å². The summed E-state index contributed by atoms with van der Waals surface area (Å²) >= 11 is 5.08. The highest BCUT2D eigenvalue weighted by molar-refractivity contribution is 6.67. The highest BCUT2D eigenvalue weighted by Gasteiger charge is 2.20. The number of carbonyl (C=O) groups is 1. The summed E-state index contributed by atoms with van der Waals surface area (Å²) in [7, 11) is 1.35. The smallest absolute Gasteiger partial charge is 0.343 e. The molecule has 0 aliphatic carbocycles. The van der Waals surface area contributed by atoms with Gasteiger partial charge < -0.3 is 10.1 Å². The van der Waals surface area contributed by atoms with Crippen LogP contribution in [0.3, 0.4) is 0 Å². The summed E-state index contributed by atoms with van der Waals surface area (Å²) in [6, 6.07) is 0. The Balaban J connectivity index is 3.22. The van der Waals surface area contributed by atoms with Gasteiger partial charge in [-0.25, -0.2) is 9.55 Å². The Bertz CT molecular complexity index is 314. The highest BCUT2D eigenvalue weighted by Crippen LogP contribution is 2.12. The van der Waals surface area contributed by atoms with Crippen molar-refractivity contribution < 1.29 is 9.72 Å². The van der Waals surface area contributed by atoms with E-state index in [0.717, 1.165) is 10.8 Å². The summed E-state index contributed by atoms with van der Waals surface area (Å²) in [6.07, 6.45) is 0.982. The monoisotopic (exact) mass is 189 g/mol. The van der Waals surface area contributed by atoms with E-state index in [2.05, 4.69) is 4.98 Å². The van der Waals surface area contributed by atoms with E-state index < -0.39 is 10.2 Å². The Morgan fingerprint density at radius 3 is 2.67 bits per heavy atom. The number of nitro groups is 1. The molecular formula is C5H4ClN3O3. The predicted octanol–water partition coefficient (Wildman–Crippen LogP) is 0.707. The van der Waals surface area contributed by atoms with Crippen molar-refractivity contribution >= 4 is 22.7 Å². The van der Waals surface area contributed by atoms with Crippen molar-refractivity contribution in [3.8, 4) is 0 Å². The molecule has 0 saturated carbocycles. The summed E-state index contributed by atoms with van der Waals surface area (Å²) in [5.41, 5.74) is 0. The van der Waals surface area contributed by atoms with Crippen LogP contribution in [0.1, 0.15) is 10.6 Å². The Hall–Kier alpha value is -1.43. The molecule has 0 fully saturated rings. The van der Waals surface area contributed by atoms with Crippen LogP contribution in [0, 0.1) is 10.1 Å². The third kappa shape index (κ3) is 1.28. The molecule has 0 spiro atoms. The second-order valence-corrected chi connectivity index (χ2v) is 2.37. The number of hydrogen-bond acceptors (Lipinski definition) is 4. The van der Waals surface area contributed by atoms with Crippen LogP contribution in [0.25, 0.3) is 0 Å². The van der Waals surface area contributed by atoms with Gasteiger partial charge in [0.2, 0.25) is 0 Å². The molecule has 0 radical (unpaired) electrons. The third-order valence-electron chi connectivity index (χ3n) is 1.33. The van der Waals surface area contributed by atoms with E-state index >= 15 is 0 Å². The second-order valence-electron chi connectivity index (χ2n) is 2.03. The molecule has 0 aromatic carbocycles. The van der Waals surface area contributed by atoms with Crippen LogP contribution in [-0.2, 0) is 7.05 Å². The molecule has 12 heavy (non-hydrogen) atoms. The Morgan fingerprint density at radius 2 is 2.42 bits per heavy atom. The van der Waals surface area contributed by atoms with Gasteiger partial charge in [-0.2, -0.15) is 0 Å².